The van der Waals surface area contributed by atoms with Gasteiger partial charge in [0.15, 0.2) is 0 Å². The van der Waals surface area contributed by atoms with Crippen LogP contribution in [0.1, 0.15) is 29.8 Å². The number of carbonyl (C=O) groups excluding carboxylic acids is 3. The van der Waals surface area contributed by atoms with E-state index in [0.29, 0.717) is 0 Å². The summed E-state index contributed by atoms with van der Waals surface area (Å²) < 4.78 is 15.5. The molecule has 0 bridgehead atoms. The van der Waals surface area contributed by atoms with Crippen LogP contribution in [0.15, 0.2) is 65.7 Å². The summed E-state index contributed by atoms with van der Waals surface area (Å²) in [6.07, 6.45) is 0. The molecule has 0 spiro atoms. The van der Waals surface area contributed by atoms with Crippen molar-refractivity contribution in [1.29, 1.82) is 0 Å². The van der Waals surface area contributed by atoms with Gasteiger partial charge in [-0.15, -0.1) is 0 Å². The van der Waals surface area contributed by atoms with Crippen molar-refractivity contribution in [2.75, 3.05) is 13.2 Å². The molecule has 2 aromatic carbocycles. The number of ketones is 1. The number of hydrogen-bond donors (Lipinski definition) is 1. The highest BCUT2D eigenvalue weighted by atomic mass is 16.7. The topological polar surface area (TPSA) is 111 Å². The van der Waals surface area contributed by atoms with Crippen molar-refractivity contribution in [1.82, 2.24) is 0 Å². The molecule has 0 amide bonds. The maximum absolute atomic E-state index is 13.3. The first-order valence-electron chi connectivity index (χ1n) is 9.41. The maximum Gasteiger partial charge on any atom is 0.373 e. The molecule has 1 aliphatic heterocycles. The van der Waals surface area contributed by atoms with Gasteiger partial charge in [0.25, 0.3) is 0 Å². The van der Waals surface area contributed by atoms with Crippen molar-refractivity contribution < 1.29 is 33.7 Å². The standard InChI is InChI=1S/C22H21NO7/c1-3-28-19(25)21(18(24)16-13-9-6-10-14-16)23-17(15-11-7-5-8-12-15)22(27,30-21)20(26)29-4-2/h5-14,27H,3-4H2,1-2H3. The molecule has 156 valence electrons. The van der Waals surface area contributed by atoms with E-state index in [0.717, 1.165) is 0 Å². The van der Waals surface area contributed by atoms with Gasteiger partial charge in [-0.25, -0.2) is 14.6 Å². The second-order valence-electron chi connectivity index (χ2n) is 6.35. The van der Waals surface area contributed by atoms with Crippen LogP contribution < -0.4 is 0 Å². The van der Waals surface area contributed by atoms with Gasteiger partial charge < -0.3 is 14.6 Å². The van der Waals surface area contributed by atoms with Crippen molar-refractivity contribution in [3.8, 4) is 0 Å². The first-order valence-corrected chi connectivity index (χ1v) is 9.41. The van der Waals surface area contributed by atoms with E-state index in [1.165, 1.54) is 12.1 Å². The smallest absolute Gasteiger partial charge is 0.373 e. The zero-order valence-corrected chi connectivity index (χ0v) is 16.5. The Labute approximate surface area is 173 Å². The molecule has 2 aromatic rings. The molecule has 0 aromatic heterocycles. The highest BCUT2D eigenvalue weighted by Crippen LogP contribution is 2.37. The number of aliphatic hydroxyl groups is 1. The number of esters is 2. The maximum atomic E-state index is 13.3. The number of aliphatic imine (C=N–C) groups is 1. The van der Waals surface area contributed by atoms with Gasteiger partial charge in [-0.05, 0) is 13.8 Å². The quantitative estimate of drug-likeness (QED) is 0.421. The average Bonchev–Trinajstić information content (AvgIpc) is 3.11. The molecule has 0 saturated heterocycles. The van der Waals surface area contributed by atoms with Crippen molar-refractivity contribution >= 4 is 23.4 Å². The average molecular weight is 411 g/mol. The summed E-state index contributed by atoms with van der Waals surface area (Å²) in [6.45, 7) is 2.96. The summed E-state index contributed by atoms with van der Waals surface area (Å²) in [5.41, 5.74) is -2.56. The van der Waals surface area contributed by atoms with E-state index in [9.17, 15) is 19.5 Å². The predicted octanol–water partition coefficient (Wildman–Crippen LogP) is 1.90. The third kappa shape index (κ3) is 3.62. The highest BCUT2D eigenvalue weighted by molar-refractivity contribution is 6.24. The van der Waals surface area contributed by atoms with E-state index >= 15 is 0 Å². The fraction of sp³-hybridized carbons (Fsp3) is 0.273. The first-order chi connectivity index (χ1) is 14.4. The summed E-state index contributed by atoms with van der Waals surface area (Å²) in [5, 5.41) is 11.2. The van der Waals surface area contributed by atoms with E-state index in [-0.39, 0.29) is 30.1 Å². The Balaban J connectivity index is 2.22. The Morgan fingerprint density at radius 2 is 1.43 bits per heavy atom. The molecule has 0 fully saturated rings. The zero-order valence-electron chi connectivity index (χ0n) is 16.5. The minimum atomic E-state index is -2.78. The number of carbonyl (C=O) groups is 3. The molecule has 0 saturated carbocycles. The summed E-state index contributed by atoms with van der Waals surface area (Å²) in [5.74, 6) is -6.00. The molecular weight excluding hydrogens is 390 g/mol. The first kappa shape index (κ1) is 21.4. The SMILES string of the molecule is CCOC(=O)C1(O)OC(C(=O)OCC)(C(=O)c2ccccc2)N=C1c1ccccc1. The van der Waals surface area contributed by atoms with Crippen LogP contribution >= 0.6 is 0 Å². The monoisotopic (exact) mass is 411 g/mol. The van der Waals surface area contributed by atoms with Gasteiger partial charge in [0, 0.05) is 11.1 Å². The van der Waals surface area contributed by atoms with Crippen molar-refractivity contribution in [2.45, 2.75) is 25.4 Å². The third-order valence-electron chi connectivity index (χ3n) is 4.38. The molecule has 0 radical (unpaired) electrons. The molecule has 1 aliphatic rings. The zero-order chi connectivity index (χ0) is 21.8. The molecule has 2 atom stereocenters. The van der Waals surface area contributed by atoms with Crippen LogP contribution in [-0.2, 0) is 23.8 Å². The number of Topliss-reactive ketones (excluding diaryl/α,β-unsaturated/α-hetero) is 1. The molecule has 3 rings (SSSR count). The minimum Gasteiger partial charge on any atom is -0.462 e. The number of benzene rings is 2. The Hall–Kier alpha value is -3.36. The van der Waals surface area contributed by atoms with Crippen LogP contribution in [0.25, 0.3) is 0 Å². The van der Waals surface area contributed by atoms with Crippen LogP contribution in [0.4, 0.5) is 0 Å². The lowest BCUT2D eigenvalue weighted by Gasteiger charge is -2.27. The molecule has 8 heteroatoms. The Morgan fingerprint density at radius 3 is 2.00 bits per heavy atom. The lowest BCUT2D eigenvalue weighted by molar-refractivity contribution is -0.222. The van der Waals surface area contributed by atoms with Crippen LogP contribution in [0.2, 0.25) is 0 Å². The fourth-order valence-electron chi connectivity index (χ4n) is 3.03. The highest BCUT2D eigenvalue weighted by Gasteiger charge is 2.65. The molecule has 8 nitrogen and oxygen atoms in total. The summed E-state index contributed by atoms with van der Waals surface area (Å²) in [6, 6.07) is 15.9. The second kappa shape index (κ2) is 8.56. The van der Waals surface area contributed by atoms with Crippen LogP contribution in [0, 0.1) is 0 Å². The van der Waals surface area contributed by atoms with Crippen molar-refractivity contribution in [3.05, 3.63) is 71.8 Å². The van der Waals surface area contributed by atoms with Crippen LogP contribution in [0.5, 0.6) is 0 Å². The number of hydrogen-bond acceptors (Lipinski definition) is 8. The second-order valence-corrected chi connectivity index (χ2v) is 6.35. The molecular formula is C22H21NO7. The summed E-state index contributed by atoms with van der Waals surface area (Å²) in [4.78, 5) is 43.0. The van der Waals surface area contributed by atoms with Gasteiger partial charge in [-0.3, -0.25) is 9.53 Å². The van der Waals surface area contributed by atoms with Crippen molar-refractivity contribution in [2.24, 2.45) is 4.99 Å². The largest absolute Gasteiger partial charge is 0.462 e. The van der Waals surface area contributed by atoms with Crippen LogP contribution in [-0.4, -0.2) is 53.3 Å². The number of ether oxygens (including phenoxy) is 3. The lowest BCUT2D eigenvalue weighted by atomic mass is 10.0. The van der Waals surface area contributed by atoms with Gasteiger partial charge in [-0.2, -0.15) is 0 Å². The normalized spacial score (nSPS) is 22.8. The van der Waals surface area contributed by atoms with E-state index in [1.54, 1.807) is 62.4 Å². The molecule has 0 aliphatic carbocycles. The molecule has 30 heavy (non-hydrogen) atoms. The molecule has 1 heterocycles. The lowest BCUT2D eigenvalue weighted by Crippen LogP contribution is -2.54. The Kier molecular flexibility index (Phi) is 6.09. The number of nitrogens with zero attached hydrogens (tertiary/aromatic N) is 1. The van der Waals surface area contributed by atoms with E-state index in [2.05, 4.69) is 4.99 Å². The van der Waals surface area contributed by atoms with E-state index in [1.807, 2.05) is 0 Å². The minimum absolute atomic E-state index is 0.0639. The van der Waals surface area contributed by atoms with Gasteiger partial charge in [-0.1, -0.05) is 60.7 Å². The molecule has 2 unspecified atom stereocenters. The fourth-order valence-corrected chi connectivity index (χ4v) is 3.03. The van der Waals surface area contributed by atoms with E-state index in [4.69, 9.17) is 14.2 Å². The Morgan fingerprint density at radius 1 is 0.900 bits per heavy atom. The van der Waals surface area contributed by atoms with Crippen LogP contribution in [0.3, 0.4) is 0 Å². The van der Waals surface area contributed by atoms with Gasteiger partial charge in [0.2, 0.25) is 5.78 Å². The Bertz CT molecular complexity index is 973. The number of rotatable bonds is 7. The molecule has 1 N–H and O–H groups in total. The van der Waals surface area contributed by atoms with Crippen molar-refractivity contribution in [3.63, 3.8) is 0 Å². The predicted molar refractivity (Wildman–Crippen MR) is 106 cm³/mol. The third-order valence-corrected chi connectivity index (χ3v) is 4.38. The summed E-state index contributed by atoms with van der Waals surface area (Å²) in [7, 11) is 0. The van der Waals surface area contributed by atoms with Gasteiger partial charge in [0.1, 0.15) is 5.71 Å². The van der Waals surface area contributed by atoms with Gasteiger partial charge in [0.05, 0.1) is 13.2 Å². The van der Waals surface area contributed by atoms with Gasteiger partial charge >= 0.3 is 23.5 Å². The summed E-state index contributed by atoms with van der Waals surface area (Å²) >= 11 is 0. The van der Waals surface area contributed by atoms with E-state index < -0.39 is 29.2 Å².